The summed E-state index contributed by atoms with van der Waals surface area (Å²) in [5.74, 6) is -0.916. The minimum Gasteiger partial charge on any atom is -0.481 e. The maximum Gasteiger partial charge on any atom is 0.305 e. The lowest BCUT2D eigenvalue weighted by Crippen LogP contribution is -2.48. The highest BCUT2D eigenvalue weighted by Crippen LogP contribution is 2.14. The second kappa shape index (κ2) is 8.14. The van der Waals surface area contributed by atoms with Crippen LogP contribution >= 0.6 is 0 Å². The number of benzene rings is 1. The molecule has 0 unspecified atom stereocenters. The lowest BCUT2D eigenvalue weighted by molar-refractivity contribution is -0.137. The number of nitrogens with zero attached hydrogens (tertiary/aromatic N) is 4. The summed E-state index contributed by atoms with van der Waals surface area (Å²) in [6, 6.07) is 8.38. The maximum absolute atomic E-state index is 12.6. The Labute approximate surface area is 152 Å². The molecule has 26 heavy (non-hydrogen) atoms. The van der Waals surface area contributed by atoms with Gasteiger partial charge in [0.2, 0.25) is 0 Å². The predicted molar refractivity (Wildman–Crippen MR) is 96.8 cm³/mol. The highest BCUT2D eigenvalue weighted by Gasteiger charge is 2.23. The van der Waals surface area contributed by atoms with Crippen LogP contribution in [-0.4, -0.2) is 62.7 Å². The first kappa shape index (κ1) is 18.1. The molecule has 1 aliphatic rings. The number of carboxylic acid groups (broad SMARTS) is 1. The number of amides is 1. The molecule has 0 spiro atoms. The molecule has 7 nitrogen and oxygen atoms in total. The van der Waals surface area contributed by atoms with E-state index in [1.807, 2.05) is 11.0 Å². The molecular weight excluding hydrogens is 332 g/mol. The van der Waals surface area contributed by atoms with Crippen molar-refractivity contribution in [3.05, 3.63) is 53.3 Å². The van der Waals surface area contributed by atoms with Gasteiger partial charge in [-0.15, -0.1) is 0 Å². The van der Waals surface area contributed by atoms with Gasteiger partial charge in [-0.25, -0.2) is 0 Å². The van der Waals surface area contributed by atoms with Crippen molar-refractivity contribution in [3.8, 4) is 0 Å². The molecule has 0 radical (unpaired) electrons. The molecule has 0 bridgehead atoms. The topological polar surface area (TPSA) is 78.7 Å². The summed E-state index contributed by atoms with van der Waals surface area (Å²) >= 11 is 0. The molecule has 1 aromatic heterocycles. The number of aliphatic carboxylic acids is 1. The van der Waals surface area contributed by atoms with E-state index in [1.54, 1.807) is 6.20 Å². The van der Waals surface area contributed by atoms with Crippen LogP contribution in [0.25, 0.3) is 0 Å². The molecule has 1 aliphatic heterocycles. The highest BCUT2D eigenvalue weighted by molar-refractivity contribution is 5.93. The second-order valence-corrected chi connectivity index (χ2v) is 6.63. The third-order valence-corrected chi connectivity index (χ3v) is 4.75. The molecule has 138 valence electrons. The predicted octanol–water partition coefficient (Wildman–Crippen LogP) is 1.62. The van der Waals surface area contributed by atoms with Crippen molar-refractivity contribution in [3.63, 3.8) is 0 Å². The summed E-state index contributed by atoms with van der Waals surface area (Å²) in [6.07, 6.45) is 3.14. The highest BCUT2D eigenvalue weighted by atomic mass is 16.4. The number of carboxylic acids is 1. The van der Waals surface area contributed by atoms with E-state index in [4.69, 9.17) is 5.11 Å². The van der Waals surface area contributed by atoms with Crippen molar-refractivity contribution in [2.75, 3.05) is 26.2 Å². The maximum atomic E-state index is 12.6. The molecule has 7 heteroatoms. The lowest BCUT2D eigenvalue weighted by atomic mass is 10.1. The Morgan fingerprint density at radius 2 is 1.88 bits per heavy atom. The van der Waals surface area contributed by atoms with Gasteiger partial charge in [0.15, 0.2) is 0 Å². The van der Waals surface area contributed by atoms with Crippen molar-refractivity contribution < 1.29 is 14.7 Å². The van der Waals surface area contributed by atoms with Gasteiger partial charge in [-0.3, -0.25) is 19.2 Å². The van der Waals surface area contributed by atoms with E-state index in [-0.39, 0.29) is 18.9 Å². The molecule has 3 rings (SSSR count). The zero-order chi connectivity index (χ0) is 18.5. The van der Waals surface area contributed by atoms with Gasteiger partial charge in [0, 0.05) is 38.9 Å². The Morgan fingerprint density at radius 3 is 2.58 bits per heavy atom. The van der Waals surface area contributed by atoms with Gasteiger partial charge in [-0.05, 0) is 18.1 Å². The summed E-state index contributed by atoms with van der Waals surface area (Å²) in [4.78, 5) is 27.4. The molecule has 1 saturated heterocycles. The van der Waals surface area contributed by atoms with Crippen LogP contribution in [0.15, 0.2) is 36.7 Å². The molecule has 0 atom stereocenters. The Hall–Kier alpha value is -2.67. The van der Waals surface area contributed by atoms with Crippen LogP contribution in [0.1, 0.15) is 27.9 Å². The number of aryl methyl sites for hydroxylation is 2. The van der Waals surface area contributed by atoms with Crippen molar-refractivity contribution in [1.29, 1.82) is 0 Å². The monoisotopic (exact) mass is 356 g/mol. The van der Waals surface area contributed by atoms with Crippen LogP contribution in [0.3, 0.4) is 0 Å². The number of carbonyl (C=O) groups excluding carboxylic acids is 1. The van der Waals surface area contributed by atoms with Gasteiger partial charge in [-0.1, -0.05) is 24.3 Å². The van der Waals surface area contributed by atoms with E-state index < -0.39 is 5.97 Å². The van der Waals surface area contributed by atoms with E-state index in [9.17, 15) is 9.59 Å². The van der Waals surface area contributed by atoms with E-state index in [0.717, 1.165) is 19.6 Å². The molecule has 1 N–H and O–H groups in total. The lowest BCUT2D eigenvalue weighted by Gasteiger charge is -2.34. The number of aromatic nitrogens is 2. The minimum atomic E-state index is -0.877. The van der Waals surface area contributed by atoms with Crippen molar-refractivity contribution in [1.82, 2.24) is 19.6 Å². The van der Waals surface area contributed by atoms with Crippen LogP contribution in [0, 0.1) is 6.92 Å². The van der Waals surface area contributed by atoms with Crippen LogP contribution in [0.2, 0.25) is 0 Å². The smallest absolute Gasteiger partial charge is 0.305 e. The first-order valence-electron chi connectivity index (χ1n) is 8.83. The molecule has 0 saturated carbocycles. The Bertz CT molecular complexity index is 779. The average molecular weight is 356 g/mol. The summed E-state index contributed by atoms with van der Waals surface area (Å²) < 4.78 is 1.51. The Morgan fingerprint density at radius 1 is 1.15 bits per heavy atom. The largest absolute Gasteiger partial charge is 0.481 e. The average Bonchev–Trinajstić information content (AvgIpc) is 3.11. The van der Waals surface area contributed by atoms with E-state index in [1.165, 1.54) is 22.0 Å². The third kappa shape index (κ3) is 4.49. The number of hydrogen-bond donors (Lipinski definition) is 1. The fraction of sp³-hybridized carbons (Fsp3) is 0.421. The van der Waals surface area contributed by atoms with Gasteiger partial charge < -0.3 is 10.0 Å². The normalized spacial score (nSPS) is 15.2. The van der Waals surface area contributed by atoms with Gasteiger partial charge >= 0.3 is 5.97 Å². The zero-order valence-corrected chi connectivity index (χ0v) is 15.0. The van der Waals surface area contributed by atoms with Crippen molar-refractivity contribution >= 4 is 11.9 Å². The molecule has 0 aliphatic carbocycles. The summed E-state index contributed by atoms with van der Waals surface area (Å²) in [5, 5.41) is 12.8. The Kier molecular flexibility index (Phi) is 5.68. The molecule has 2 aromatic rings. The van der Waals surface area contributed by atoms with Crippen LogP contribution in [0.4, 0.5) is 0 Å². The SMILES string of the molecule is Cc1ccccc1CN1CCN(C(=O)c2cnn(CCC(=O)O)c2)CC1. The number of piperazine rings is 1. The number of rotatable bonds is 6. The van der Waals surface area contributed by atoms with E-state index >= 15 is 0 Å². The van der Waals surface area contributed by atoms with Gasteiger partial charge in [-0.2, -0.15) is 5.10 Å². The molecule has 1 fully saturated rings. The minimum absolute atomic E-state index is 0.00706. The fourth-order valence-electron chi connectivity index (χ4n) is 3.13. The summed E-state index contributed by atoms with van der Waals surface area (Å²) in [7, 11) is 0. The number of carbonyl (C=O) groups is 2. The standard InChI is InChI=1S/C19H24N4O3/c1-15-4-2-3-5-16(15)13-21-8-10-22(11-9-21)19(26)17-12-20-23(14-17)7-6-18(24)25/h2-5,12,14H,6-11,13H2,1H3,(H,24,25). The van der Waals surface area contributed by atoms with Crippen molar-refractivity contribution in [2.24, 2.45) is 0 Å². The van der Waals surface area contributed by atoms with Gasteiger partial charge in [0.05, 0.1) is 24.7 Å². The second-order valence-electron chi connectivity index (χ2n) is 6.63. The molecule has 1 aromatic carbocycles. The number of hydrogen-bond acceptors (Lipinski definition) is 4. The first-order chi connectivity index (χ1) is 12.5. The van der Waals surface area contributed by atoms with Crippen LogP contribution in [-0.2, 0) is 17.9 Å². The zero-order valence-electron chi connectivity index (χ0n) is 15.0. The van der Waals surface area contributed by atoms with E-state index in [0.29, 0.717) is 18.7 Å². The van der Waals surface area contributed by atoms with Gasteiger partial charge in [0.25, 0.3) is 5.91 Å². The Balaban J connectivity index is 1.52. The molecular formula is C19H24N4O3. The first-order valence-corrected chi connectivity index (χ1v) is 8.83. The third-order valence-electron chi connectivity index (χ3n) is 4.75. The quantitative estimate of drug-likeness (QED) is 0.851. The summed E-state index contributed by atoms with van der Waals surface area (Å²) in [5.41, 5.74) is 3.13. The summed E-state index contributed by atoms with van der Waals surface area (Å²) in [6.45, 7) is 6.35. The fourth-order valence-corrected chi connectivity index (χ4v) is 3.13. The molecule has 2 heterocycles. The van der Waals surface area contributed by atoms with Gasteiger partial charge in [0.1, 0.15) is 0 Å². The van der Waals surface area contributed by atoms with Crippen LogP contribution < -0.4 is 0 Å². The van der Waals surface area contributed by atoms with E-state index in [2.05, 4.69) is 35.1 Å². The van der Waals surface area contributed by atoms with Crippen LogP contribution in [0.5, 0.6) is 0 Å². The van der Waals surface area contributed by atoms with Crippen molar-refractivity contribution in [2.45, 2.75) is 26.4 Å². The molecule has 1 amide bonds.